The molecule has 0 saturated carbocycles. The molecule has 0 spiro atoms. The quantitative estimate of drug-likeness (QED) is 0.686. The summed E-state index contributed by atoms with van der Waals surface area (Å²) in [5.74, 6) is 0.437. The van der Waals surface area contributed by atoms with Gasteiger partial charge in [-0.25, -0.2) is 0 Å². The third-order valence-electron chi connectivity index (χ3n) is 3.39. The molecule has 25 heavy (non-hydrogen) atoms. The second-order valence-electron chi connectivity index (χ2n) is 5.18. The summed E-state index contributed by atoms with van der Waals surface area (Å²) in [6.07, 6.45) is 0.0633. The number of carbonyl (C=O) groups excluding carboxylic acids is 1. The zero-order chi connectivity index (χ0) is 17.8. The van der Waals surface area contributed by atoms with Crippen LogP contribution in [0, 0.1) is 0 Å². The molecule has 0 aliphatic heterocycles. The van der Waals surface area contributed by atoms with Crippen molar-refractivity contribution in [3.63, 3.8) is 0 Å². The van der Waals surface area contributed by atoms with Gasteiger partial charge in [0.2, 0.25) is 17.6 Å². The highest BCUT2D eigenvalue weighted by Crippen LogP contribution is 2.24. The minimum atomic E-state index is -0.252. The molecule has 1 aromatic heterocycles. The summed E-state index contributed by atoms with van der Waals surface area (Å²) in [5, 5.41) is 8.05. The van der Waals surface area contributed by atoms with Gasteiger partial charge in [-0.2, -0.15) is 4.98 Å². The van der Waals surface area contributed by atoms with E-state index >= 15 is 0 Å². The minimum absolute atomic E-state index is 0.0633. The van der Waals surface area contributed by atoms with Crippen LogP contribution in [0.5, 0.6) is 0 Å². The lowest BCUT2D eigenvalue weighted by Crippen LogP contribution is -2.25. The lowest BCUT2D eigenvalue weighted by molar-refractivity contribution is -0.120. The number of hydrogen-bond donors (Lipinski definition) is 1. The van der Waals surface area contributed by atoms with Gasteiger partial charge < -0.3 is 9.84 Å². The van der Waals surface area contributed by atoms with Crippen molar-refractivity contribution in [3.05, 3.63) is 69.0 Å². The topological polar surface area (TPSA) is 68.0 Å². The number of halogens is 3. The molecule has 128 valence electrons. The van der Waals surface area contributed by atoms with Gasteiger partial charge in [-0.3, -0.25) is 4.79 Å². The Morgan fingerprint density at radius 3 is 2.52 bits per heavy atom. The van der Waals surface area contributed by atoms with Gasteiger partial charge in [0, 0.05) is 20.6 Å². The van der Waals surface area contributed by atoms with Crippen LogP contribution >= 0.6 is 34.8 Å². The fraction of sp³-hybridized carbons (Fsp3) is 0.118. The van der Waals surface area contributed by atoms with Crippen LogP contribution in [0.1, 0.15) is 11.5 Å². The largest absolute Gasteiger partial charge is 0.347 e. The average molecular weight is 397 g/mol. The van der Waals surface area contributed by atoms with Gasteiger partial charge in [0.15, 0.2) is 0 Å². The molecule has 0 aliphatic carbocycles. The minimum Gasteiger partial charge on any atom is -0.347 e. The fourth-order valence-corrected chi connectivity index (χ4v) is 2.89. The molecule has 1 amide bonds. The van der Waals surface area contributed by atoms with E-state index in [1.807, 2.05) is 6.07 Å². The van der Waals surface area contributed by atoms with Gasteiger partial charge >= 0.3 is 0 Å². The van der Waals surface area contributed by atoms with E-state index in [1.54, 1.807) is 36.4 Å². The predicted octanol–water partition coefficient (Wildman–Crippen LogP) is 4.56. The SMILES string of the molecule is O=C(Cc1c(Cl)cccc1Cl)NCc1nc(-c2cccc(Cl)c2)no1. The average Bonchev–Trinajstić information content (AvgIpc) is 3.06. The van der Waals surface area contributed by atoms with Crippen molar-refractivity contribution in [1.82, 2.24) is 15.5 Å². The molecule has 0 unspecified atom stereocenters. The monoisotopic (exact) mass is 395 g/mol. The predicted molar refractivity (Wildman–Crippen MR) is 96.8 cm³/mol. The Morgan fingerprint density at radius 2 is 1.80 bits per heavy atom. The maximum atomic E-state index is 12.1. The summed E-state index contributed by atoms with van der Waals surface area (Å²) in [7, 11) is 0. The number of carbonyl (C=O) groups is 1. The van der Waals surface area contributed by atoms with Crippen LogP contribution in [-0.4, -0.2) is 16.0 Å². The smallest absolute Gasteiger partial charge is 0.246 e. The summed E-state index contributed by atoms with van der Waals surface area (Å²) in [5.41, 5.74) is 1.31. The van der Waals surface area contributed by atoms with Crippen molar-refractivity contribution < 1.29 is 9.32 Å². The van der Waals surface area contributed by atoms with E-state index in [0.717, 1.165) is 5.56 Å². The third kappa shape index (κ3) is 4.51. The number of amides is 1. The zero-order valence-corrected chi connectivity index (χ0v) is 15.1. The first-order chi connectivity index (χ1) is 12.0. The summed E-state index contributed by atoms with van der Waals surface area (Å²) in [6, 6.07) is 12.2. The Balaban J connectivity index is 1.61. The summed E-state index contributed by atoms with van der Waals surface area (Å²) in [6.45, 7) is 0.106. The molecule has 3 aromatic rings. The van der Waals surface area contributed by atoms with Crippen molar-refractivity contribution in [2.45, 2.75) is 13.0 Å². The second kappa shape index (κ2) is 7.87. The highest BCUT2D eigenvalue weighted by molar-refractivity contribution is 6.36. The lowest BCUT2D eigenvalue weighted by atomic mass is 10.1. The van der Waals surface area contributed by atoms with Gasteiger partial charge in [0.05, 0.1) is 13.0 Å². The third-order valence-corrected chi connectivity index (χ3v) is 4.33. The first kappa shape index (κ1) is 17.7. The number of benzene rings is 2. The molecular formula is C17H12Cl3N3O2. The molecule has 0 atom stereocenters. The first-order valence-electron chi connectivity index (χ1n) is 7.31. The first-order valence-corrected chi connectivity index (χ1v) is 8.44. The highest BCUT2D eigenvalue weighted by Gasteiger charge is 2.13. The molecule has 8 heteroatoms. The molecule has 0 radical (unpaired) electrons. The standard InChI is InChI=1S/C17H12Cl3N3O2/c18-11-4-1-3-10(7-11)17-22-16(25-23-17)9-21-15(24)8-12-13(19)5-2-6-14(12)20/h1-7H,8-9H2,(H,21,24). The van der Waals surface area contributed by atoms with Crippen molar-refractivity contribution in [2.24, 2.45) is 0 Å². The Hall–Kier alpha value is -2.08. The Morgan fingerprint density at radius 1 is 1.08 bits per heavy atom. The molecule has 0 fully saturated rings. The number of hydrogen-bond acceptors (Lipinski definition) is 4. The van der Waals surface area contributed by atoms with Gasteiger partial charge in [-0.15, -0.1) is 0 Å². The normalized spacial score (nSPS) is 10.7. The van der Waals surface area contributed by atoms with Crippen LogP contribution in [0.15, 0.2) is 47.0 Å². The van der Waals surface area contributed by atoms with Crippen LogP contribution in [0.3, 0.4) is 0 Å². The van der Waals surface area contributed by atoms with Crippen LogP contribution in [0.4, 0.5) is 0 Å². The maximum Gasteiger partial charge on any atom is 0.246 e. The molecule has 3 rings (SSSR count). The number of aromatic nitrogens is 2. The van der Waals surface area contributed by atoms with Crippen molar-refractivity contribution in [1.29, 1.82) is 0 Å². The Kier molecular flexibility index (Phi) is 5.58. The van der Waals surface area contributed by atoms with E-state index in [1.165, 1.54) is 0 Å². The zero-order valence-electron chi connectivity index (χ0n) is 12.8. The molecule has 2 aromatic carbocycles. The molecule has 5 nitrogen and oxygen atoms in total. The van der Waals surface area contributed by atoms with Crippen LogP contribution in [0.2, 0.25) is 15.1 Å². The van der Waals surface area contributed by atoms with Crippen LogP contribution in [0.25, 0.3) is 11.4 Å². The van der Waals surface area contributed by atoms with E-state index in [-0.39, 0.29) is 24.8 Å². The van der Waals surface area contributed by atoms with E-state index in [2.05, 4.69) is 15.5 Å². The number of nitrogens with zero attached hydrogens (tertiary/aromatic N) is 2. The maximum absolute atomic E-state index is 12.1. The van der Waals surface area contributed by atoms with Crippen molar-refractivity contribution in [2.75, 3.05) is 0 Å². The van der Waals surface area contributed by atoms with Crippen molar-refractivity contribution >= 4 is 40.7 Å². The lowest BCUT2D eigenvalue weighted by Gasteiger charge is -2.06. The number of rotatable bonds is 5. The Labute approximate surface area is 158 Å². The van der Waals surface area contributed by atoms with E-state index in [0.29, 0.717) is 26.5 Å². The highest BCUT2D eigenvalue weighted by atomic mass is 35.5. The van der Waals surface area contributed by atoms with Gasteiger partial charge in [0.1, 0.15) is 0 Å². The summed E-state index contributed by atoms with van der Waals surface area (Å²) >= 11 is 18.1. The van der Waals surface area contributed by atoms with E-state index < -0.39 is 0 Å². The second-order valence-corrected chi connectivity index (χ2v) is 6.43. The van der Waals surface area contributed by atoms with Crippen LogP contribution in [-0.2, 0) is 17.8 Å². The molecule has 0 bridgehead atoms. The molecule has 0 aliphatic rings. The number of nitrogens with one attached hydrogen (secondary N) is 1. The molecular weight excluding hydrogens is 385 g/mol. The van der Waals surface area contributed by atoms with Crippen molar-refractivity contribution in [3.8, 4) is 11.4 Å². The van der Waals surface area contributed by atoms with E-state index in [4.69, 9.17) is 39.3 Å². The molecule has 1 N–H and O–H groups in total. The van der Waals surface area contributed by atoms with E-state index in [9.17, 15) is 4.79 Å². The fourth-order valence-electron chi connectivity index (χ4n) is 2.17. The summed E-state index contributed by atoms with van der Waals surface area (Å²) in [4.78, 5) is 16.3. The molecule has 0 saturated heterocycles. The molecule has 1 heterocycles. The Bertz CT molecular complexity index is 891. The van der Waals surface area contributed by atoms with Gasteiger partial charge in [-0.05, 0) is 29.8 Å². The van der Waals surface area contributed by atoms with Gasteiger partial charge in [-0.1, -0.05) is 58.2 Å². The van der Waals surface area contributed by atoms with Gasteiger partial charge in [0.25, 0.3) is 0 Å². The summed E-state index contributed by atoms with van der Waals surface area (Å²) < 4.78 is 5.14. The van der Waals surface area contributed by atoms with Crippen LogP contribution < -0.4 is 5.32 Å².